The van der Waals surface area contributed by atoms with Gasteiger partial charge in [-0.05, 0) is 12.1 Å². The summed E-state index contributed by atoms with van der Waals surface area (Å²) in [5, 5.41) is 7.60. The van der Waals surface area contributed by atoms with Crippen LogP contribution in [0.3, 0.4) is 0 Å². The summed E-state index contributed by atoms with van der Waals surface area (Å²) in [7, 11) is 0. The van der Waals surface area contributed by atoms with Crippen LogP contribution < -0.4 is 5.32 Å². The molecule has 0 bridgehead atoms. The van der Waals surface area contributed by atoms with Gasteiger partial charge in [-0.2, -0.15) is 18.2 Å². The predicted octanol–water partition coefficient (Wildman–Crippen LogP) is 3.58. The third-order valence-corrected chi connectivity index (χ3v) is 3.55. The Morgan fingerprint density at radius 3 is 2.59 bits per heavy atom. The summed E-state index contributed by atoms with van der Waals surface area (Å²) in [6, 6.07) is 6.84. The number of aromatic amines is 1. The summed E-state index contributed by atoms with van der Waals surface area (Å²) in [6.07, 6.45) is -4.64. The minimum absolute atomic E-state index is 0.259. The number of alkyl halides is 3. The third-order valence-electron chi connectivity index (χ3n) is 2.47. The number of anilines is 1. The minimum atomic E-state index is -4.64. The van der Waals surface area contributed by atoms with E-state index in [1.54, 1.807) is 29.4 Å². The fourth-order valence-electron chi connectivity index (χ4n) is 1.62. The van der Waals surface area contributed by atoms with Gasteiger partial charge < -0.3 is 0 Å². The minimum Gasteiger partial charge on any atom is -0.289 e. The molecule has 22 heavy (non-hydrogen) atoms. The van der Waals surface area contributed by atoms with E-state index in [1.807, 2.05) is 13.8 Å². The van der Waals surface area contributed by atoms with Crippen molar-refractivity contribution in [1.29, 1.82) is 0 Å². The van der Waals surface area contributed by atoms with Gasteiger partial charge in [0.25, 0.3) is 5.91 Å². The highest BCUT2D eigenvalue weighted by molar-refractivity contribution is 8.00. The van der Waals surface area contributed by atoms with Crippen LogP contribution in [0.2, 0.25) is 0 Å². The number of hydrogen-bond acceptors (Lipinski definition) is 4. The molecule has 0 saturated carbocycles. The number of nitrogens with one attached hydrogen (secondary N) is 2. The lowest BCUT2D eigenvalue weighted by molar-refractivity contribution is -0.144. The molecular weight excluding hydrogens is 317 g/mol. The molecule has 9 heteroatoms. The fourth-order valence-corrected chi connectivity index (χ4v) is 2.58. The maximum atomic E-state index is 12.4. The number of carbonyl (C=O) groups is 1. The predicted molar refractivity (Wildman–Crippen MR) is 76.8 cm³/mol. The van der Waals surface area contributed by atoms with E-state index in [0.717, 1.165) is 4.90 Å². The molecule has 1 amide bonds. The number of thioether (sulfide) groups is 1. The first-order valence-electron chi connectivity index (χ1n) is 6.34. The number of nitrogens with zero attached hydrogens (tertiary/aromatic N) is 2. The van der Waals surface area contributed by atoms with Gasteiger partial charge in [0.05, 0.1) is 5.56 Å². The van der Waals surface area contributed by atoms with Crippen LogP contribution in [0.1, 0.15) is 30.0 Å². The topological polar surface area (TPSA) is 70.7 Å². The molecule has 0 aliphatic heterocycles. The second-order valence-corrected chi connectivity index (χ2v) is 6.24. The van der Waals surface area contributed by atoms with Crippen LogP contribution in [-0.2, 0) is 6.18 Å². The van der Waals surface area contributed by atoms with E-state index >= 15 is 0 Å². The van der Waals surface area contributed by atoms with Crippen molar-refractivity contribution in [3.05, 3.63) is 35.7 Å². The second-order valence-electron chi connectivity index (χ2n) is 4.62. The lowest BCUT2D eigenvalue weighted by atomic mass is 10.2. The highest BCUT2D eigenvalue weighted by Gasteiger charge is 2.35. The molecule has 0 atom stereocenters. The van der Waals surface area contributed by atoms with Gasteiger partial charge in [0.15, 0.2) is 0 Å². The molecule has 1 aromatic heterocycles. The van der Waals surface area contributed by atoms with Gasteiger partial charge in [0.1, 0.15) is 0 Å². The fraction of sp³-hybridized carbons (Fsp3) is 0.308. The molecule has 118 valence electrons. The van der Waals surface area contributed by atoms with E-state index in [2.05, 4.69) is 15.4 Å². The summed E-state index contributed by atoms with van der Waals surface area (Å²) in [5.74, 6) is -2.23. The lowest BCUT2D eigenvalue weighted by Crippen LogP contribution is -2.14. The maximum absolute atomic E-state index is 12.4. The highest BCUT2D eigenvalue weighted by Crippen LogP contribution is 2.28. The molecule has 0 aliphatic carbocycles. The van der Waals surface area contributed by atoms with Gasteiger partial charge in [-0.15, -0.1) is 16.9 Å². The number of hydrogen-bond donors (Lipinski definition) is 2. The normalized spacial score (nSPS) is 11.7. The lowest BCUT2D eigenvalue weighted by Gasteiger charge is -2.10. The zero-order valence-corrected chi connectivity index (χ0v) is 12.5. The van der Waals surface area contributed by atoms with E-state index in [-0.39, 0.29) is 5.25 Å². The molecule has 2 rings (SSSR count). The first kappa shape index (κ1) is 16.3. The molecule has 0 fully saturated rings. The van der Waals surface area contributed by atoms with Gasteiger partial charge in [0, 0.05) is 10.1 Å². The van der Waals surface area contributed by atoms with Crippen molar-refractivity contribution in [2.45, 2.75) is 30.2 Å². The Balaban J connectivity index is 2.18. The van der Waals surface area contributed by atoms with Crippen molar-refractivity contribution in [2.24, 2.45) is 0 Å². The van der Waals surface area contributed by atoms with E-state index in [9.17, 15) is 18.0 Å². The standard InChI is InChI=1S/C13H13F3N4OS/c1-7(2)22-9-6-4-3-5-8(9)10(21)17-12-18-11(19-20-12)13(14,15)16/h3-7H,1-2H3,(H2,17,18,19,20,21). The van der Waals surface area contributed by atoms with E-state index in [4.69, 9.17) is 0 Å². The molecule has 0 spiro atoms. The van der Waals surface area contributed by atoms with Crippen molar-refractivity contribution in [1.82, 2.24) is 15.2 Å². The Kier molecular flexibility index (Phi) is 4.74. The van der Waals surface area contributed by atoms with Gasteiger partial charge in [0.2, 0.25) is 11.8 Å². The molecule has 5 nitrogen and oxygen atoms in total. The van der Waals surface area contributed by atoms with Crippen LogP contribution in [0, 0.1) is 0 Å². The second kappa shape index (κ2) is 6.39. The Labute approximate surface area is 128 Å². The monoisotopic (exact) mass is 330 g/mol. The van der Waals surface area contributed by atoms with Crippen LogP contribution in [0.5, 0.6) is 0 Å². The number of aromatic nitrogens is 3. The molecule has 0 radical (unpaired) electrons. The maximum Gasteiger partial charge on any atom is 0.451 e. The summed E-state index contributed by atoms with van der Waals surface area (Å²) in [4.78, 5) is 16.1. The summed E-state index contributed by atoms with van der Waals surface area (Å²) in [5.41, 5.74) is 0.361. The van der Waals surface area contributed by atoms with E-state index < -0.39 is 23.9 Å². The zero-order chi connectivity index (χ0) is 16.3. The van der Waals surface area contributed by atoms with Crippen LogP contribution in [-0.4, -0.2) is 26.3 Å². The Bertz CT molecular complexity index is 669. The molecule has 0 aliphatic rings. The van der Waals surface area contributed by atoms with Crippen LogP contribution in [0.25, 0.3) is 0 Å². The van der Waals surface area contributed by atoms with Gasteiger partial charge in [-0.25, -0.2) is 0 Å². The smallest absolute Gasteiger partial charge is 0.289 e. The number of rotatable bonds is 4. The molecule has 0 saturated heterocycles. The molecule has 0 unspecified atom stereocenters. The molecule has 1 heterocycles. The number of benzene rings is 1. The Morgan fingerprint density at radius 2 is 2.00 bits per heavy atom. The van der Waals surface area contributed by atoms with Crippen molar-refractivity contribution in [2.75, 3.05) is 5.32 Å². The van der Waals surface area contributed by atoms with Crippen molar-refractivity contribution in [3.63, 3.8) is 0 Å². The van der Waals surface area contributed by atoms with E-state index in [1.165, 1.54) is 11.8 Å². The molecule has 2 N–H and O–H groups in total. The number of carbonyl (C=O) groups excluding carboxylic acids is 1. The first-order chi connectivity index (χ1) is 10.3. The van der Waals surface area contributed by atoms with Crippen molar-refractivity contribution in [3.8, 4) is 0 Å². The molecule has 2 aromatic rings. The first-order valence-corrected chi connectivity index (χ1v) is 7.22. The van der Waals surface area contributed by atoms with E-state index in [0.29, 0.717) is 5.56 Å². The van der Waals surface area contributed by atoms with Gasteiger partial charge in [-0.1, -0.05) is 26.0 Å². The number of H-pyrrole nitrogens is 1. The largest absolute Gasteiger partial charge is 0.451 e. The Morgan fingerprint density at radius 1 is 1.32 bits per heavy atom. The number of halogens is 3. The van der Waals surface area contributed by atoms with Gasteiger partial charge >= 0.3 is 6.18 Å². The van der Waals surface area contributed by atoms with Gasteiger partial charge in [-0.3, -0.25) is 15.2 Å². The number of amides is 1. The van der Waals surface area contributed by atoms with Crippen molar-refractivity contribution < 1.29 is 18.0 Å². The Hall–Kier alpha value is -2.03. The quantitative estimate of drug-likeness (QED) is 0.841. The SMILES string of the molecule is CC(C)Sc1ccccc1C(=O)Nc1n[nH]c(C(F)(F)F)n1. The average Bonchev–Trinajstić information content (AvgIpc) is 2.87. The van der Waals surface area contributed by atoms with Crippen molar-refractivity contribution >= 4 is 23.6 Å². The molecular formula is C13H13F3N4OS. The van der Waals surface area contributed by atoms with Crippen LogP contribution in [0.15, 0.2) is 29.2 Å². The third kappa shape index (κ3) is 4.00. The summed E-state index contributed by atoms with van der Waals surface area (Å²) in [6.45, 7) is 3.95. The average molecular weight is 330 g/mol. The summed E-state index contributed by atoms with van der Waals surface area (Å²) >= 11 is 1.48. The summed E-state index contributed by atoms with van der Waals surface area (Å²) < 4.78 is 37.3. The van der Waals surface area contributed by atoms with Crippen LogP contribution >= 0.6 is 11.8 Å². The van der Waals surface area contributed by atoms with Crippen LogP contribution in [0.4, 0.5) is 19.1 Å². The highest BCUT2D eigenvalue weighted by atomic mass is 32.2. The molecule has 1 aromatic carbocycles. The zero-order valence-electron chi connectivity index (χ0n) is 11.7.